The maximum absolute atomic E-state index is 13.0. The van der Waals surface area contributed by atoms with Crippen molar-refractivity contribution in [2.45, 2.75) is 6.54 Å². The number of hydrogen-bond donors (Lipinski definition) is 0. The van der Waals surface area contributed by atoms with Crippen LogP contribution in [0.15, 0.2) is 54.6 Å². The minimum absolute atomic E-state index is 0.0152. The van der Waals surface area contributed by atoms with Crippen LogP contribution >= 0.6 is 11.6 Å². The first-order valence-corrected chi connectivity index (χ1v) is 8.67. The lowest BCUT2D eigenvalue weighted by Gasteiger charge is -2.34. The van der Waals surface area contributed by atoms with Gasteiger partial charge in [0, 0.05) is 43.8 Å². The summed E-state index contributed by atoms with van der Waals surface area (Å²) in [6.07, 6.45) is 3.39. The average Bonchev–Trinajstić information content (AvgIpc) is 2.62. The Morgan fingerprint density at radius 2 is 1.80 bits per heavy atom. The zero-order valence-corrected chi connectivity index (χ0v) is 14.6. The van der Waals surface area contributed by atoms with E-state index in [-0.39, 0.29) is 11.7 Å². The number of carbonyl (C=O) groups is 1. The quantitative estimate of drug-likeness (QED) is 0.775. The van der Waals surface area contributed by atoms with Crippen molar-refractivity contribution >= 4 is 23.6 Å². The molecule has 0 aliphatic carbocycles. The molecule has 1 heterocycles. The van der Waals surface area contributed by atoms with Gasteiger partial charge in [-0.2, -0.15) is 0 Å². The van der Waals surface area contributed by atoms with Crippen molar-refractivity contribution in [1.82, 2.24) is 9.80 Å². The molecular formula is C20H20ClFN2O. The molecule has 0 N–H and O–H groups in total. The third-order valence-corrected chi connectivity index (χ3v) is 4.51. The predicted octanol–water partition coefficient (Wildman–Crippen LogP) is 3.84. The van der Waals surface area contributed by atoms with E-state index in [4.69, 9.17) is 11.6 Å². The fourth-order valence-electron chi connectivity index (χ4n) is 2.86. The topological polar surface area (TPSA) is 23.6 Å². The number of carbonyl (C=O) groups excluding carboxylic acids is 1. The number of amides is 1. The summed E-state index contributed by atoms with van der Waals surface area (Å²) < 4.78 is 13.0. The number of halogens is 2. The minimum Gasteiger partial charge on any atom is -0.337 e. The molecule has 0 saturated carbocycles. The Balaban J connectivity index is 1.49. The first-order valence-electron chi connectivity index (χ1n) is 8.29. The van der Waals surface area contributed by atoms with E-state index in [2.05, 4.69) is 4.90 Å². The largest absolute Gasteiger partial charge is 0.337 e. The maximum atomic E-state index is 13.0. The van der Waals surface area contributed by atoms with Crippen LogP contribution in [0.5, 0.6) is 0 Å². The Hall–Kier alpha value is -2.17. The minimum atomic E-state index is -0.217. The van der Waals surface area contributed by atoms with Gasteiger partial charge in [0.1, 0.15) is 5.82 Å². The number of nitrogens with zero attached hydrogens (tertiary/aromatic N) is 2. The second kappa shape index (κ2) is 8.28. The van der Waals surface area contributed by atoms with Gasteiger partial charge in [-0.05, 0) is 41.5 Å². The summed E-state index contributed by atoms with van der Waals surface area (Å²) in [4.78, 5) is 16.4. The van der Waals surface area contributed by atoms with Gasteiger partial charge in [0.05, 0.1) is 0 Å². The summed E-state index contributed by atoms with van der Waals surface area (Å²) in [6.45, 7) is 3.79. The highest BCUT2D eigenvalue weighted by molar-refractivity contribution is 6.30. The summed E-state index contributed by atoms with van der Waals surface area (Å²) >= 11 is 5.94. The van der Waals surface area contributed by atoms with E-state index in [1.807, 2.05) is 23.1 Å². The highest BCUT2D eigenvalue weighted by Gasteiger charge is 2.19. The fraction of sp³-hybridized carbons (Fsp3) is 0.250. The molecule has 5 heteroatoms. The molecule has 1 amide bonds. The second-order valence-electron chi connectivity index (χ2n) is 6.12. The third kappa shape index (κ3) is 5.15. The number of piperazine rings is 1. The number of benzene rings is 2. The molecule has 130 valence electrons. The van der Waals surface area contributed by atoms with E-state index in [0.717, 1.165) is 30.8 Å². The molecule has 3 rings (SSSR count). The van der Waals surface area contributed by atoms with Crippen LogP contribution in [-0.2, 0) is 11.3 Å². The summed E-state index contributed by atoms with van der Waals surface area (Å²) in [6, 6.07) is 14.0. The normalized spacial score (nSPS) is 15.7. The van der Waals surface area contributed by atoms with Crippen molar-refractivity contribution in [1.29, 1.82) is 0 Å². The standard InChI is InChI=1S/C20H20ClFN2O/c21-18-3-1-2-16(14-18)6-9-20(25)24-12-10-23(11-13-24)15-17-4-7-19(22)8-5-17/h1-9,14H,10-13,15H2/b9-6+. The molecule has 0 unspecified atom stereocenters. The van der Waals surface area contributed by atoms with Gasteiger partial charge in [-0.3, -0.25) is 9.69 Å². The lowest BCUT2D eigenvalue weighted by Crippen LogP contribution is -2.47. The van der Waals surface area contributed by atoms with Crippen LogP contribution in [-0.4, -0.2) is 41.9 Å². The Morgan fingerprint density at radius 3 is 2.48 bits per heavy atom. The van der Waals surface area contributed by atoms with Crippen molar-refractivity contribution in [3.05, 3.63) is 76.6 Å². The van der Waals surface area contributed by atoms with Crippen LogP contribution < -0.4 is 0 Å². The maximum Gasteiger partial charge on any atom is 0.246 e. The summed E-state index contributed by atoms with van der Waals surface area (Å²) in [7, 11) is 0. The van der Waals surface area contributed by atoms with Gasteiger partial charge < -0.3 is 4.90 Å². The van der Waals surface area contributed by atoms with Gasteiger partial charge in [-0.25, -0.2) is 4.39 Å². The van der Waals surface area contributed by atoms with E-state index < -0.39 is 0 Å². The van der Waals surface area contributed by atoms with E-state index in [9.17, 15) is 9.18 Å². The molecule has 0 spiro atoms. The smallest absolute Gasteiger partial charge is 0.246 e. The second-order valence-corrected chi connectivity index (χ2v) is 6.55. The van der Waals surface area contributed by atoms with Crippen LogP contribution in [0.4, 0.5) is 4.39 Å². The Morgan fingerprint density at radius 1 is 1.08 bits per heavy atom. The lowest BCUT2D eigenvalue weighted by molar-refractivity contribution is -0.127. The van der Waals surface area contributed by atoms with Gasteiger partial charge in [0.15, 0.2) is 0 Å². The molecule has 1 aliphatic rings. The van der Waals surface area contributed by atoms with E-state index in [1.54, 1.807) is 30.4 Å². The molecule has 2 aromatic rings. The number of hydrogen-bond acceptors (Lipinski definition) is 2. The van der Waals surface area contributed by atoms with E-state index >= 15 is 0 Å². The Bertz CT molecular complexity index is 753. The molecule has 0 radical (unpaired) electrons. The van der Waals surface area contributed by atoms with Crippen LogP contribution in [0.1, 0.15) is 11.1 Å². The van der Waals surface area contributed by atoms with Crippen molar-refractivity contribution < 1.29 is 9.18 Å². The average molecular weight is 359 g/mol. The molecule has 0 bridgehead atoms. The molecule has 0 aromatic heterocycles. The molecule has 25 heavy (non-hydrogen) atoms. The van der Waals surface area contributed by atoms with Crippen LogP contribution in [0, 0.1) is 5.82 Å². The first kappa shape index (κ1) is 17.6. The van der Waals surface area contributed by atoms with E-state index in [1.165, 1.54) is 12.1 Å². The molecule has 3 nitrogen and oxygen atoms in total. The fourth-order valence-corrected chi connectivity index (χ4v) is 3.06. The molecule has 1 saturated heterocycles. The van der Waals surface area contributed by atoms with Crippen molar-refractivity contribution in [3.63, 3.8) is 0 Å². The summed E-state index contributed by atoms with van der Waals surface area (Å²) in [5, 5.41) is 0.656. The Kier molecular flexibility index (Phi) is 5.84. The molecule has 1 aliphatic heterocycles. The molecule has 1 fully saturated rings. The van der Waals surface area contributed by atoms with Crippen molar-refractivity contribution in [2.75, 3.05) is 26.2 Å². The molecule has 0 atom stereocenters. The predicted molar refractivity (Wildman–Crippen MR) is 98.7 cm³/mol. The van der Waals surface area contributed by atoms with Gasteiger partial charge in [0.2, 0.25) is 5.91 Å². The van der Waals surface area contributed by atoms with Crippen LogP contribution in [0.3, 0.4) is 0 Å². The lowest BCUT2D eigenvalue weighted by atomic mass is 10.2. The third-order valence-electron chi connectivity index (χ3n) is 4.27. The summed E-state index contributed by atoms with van der Waals surface area (Å²) in [5.41, 5.74) is 2.00. The first-order chi connectivity index (χ1) is 12.1. The zero-order chi connectivity index (χ0) is 17.6. The SMILES string of the molecule is O=C(/C=C/c1cccc(Cl)c1)N1CCN(Cc2ccc(F)cc2)CC1. The molecule has 2 aromatic carbocycles. The summed E-state index contributed by atoms with van der Waals surface area (Å²) in [5.74, 6) is -0.202. The number of rotatable bonds is 4. The monoisotopic (exact) mass is 358 g/mol. The Labute approximate surface area is 152 Å². The molecular weight excluding hydrogens is 339 g/mol. The zero-order valence-electron chi connectivity index (χ0n) is 13.9. The van der Waals surface area contributed by atoms with Crippen LogP contribution in [0.2, 0.25) is 5.02 Å². The van der Waals surface area contributed by atoms with Crippen molar-refractivity contribution in [2.24, 2.45) is 0 Å². The van der Waals surface area contributed by atoms with Crippen molar-refractivity contribution in [3.8, 4) is 0 Å². The highest BCUT2D eigenvalue weighted by Crippen LogP contribution is 2.13. The van der Waals surface area contributed by atoms with Crippen LogP contribution in [0.25, 0.3) is 6.08 Å². The van der Waals surface area contributed by atoms with Gasteiger partial charge in [-0.15, -0.1) is 0 Å². The highest BCUT2D eigenvalue weighted by atomic mass is 35.5. The van der Waals surface area contributed by atoms with Gasteiger partial charge >= 0.3 is 0 Å². The van der Waals surface area contributed by atoms with Gasteiger partial charge in [-0.1, -0.05) is 35.9 Å². The van der Waals surface area contributed by atoms with E-state index in [0.29, 0.717) is 18.1 Å². The van der Waals surface area contributed by atoms with Gasteiger partial charge in [0.25, 0.3) is 0 Å².